The fourth-order valence-corrected chi connectivity index (χ4v) is 2.03. The summed E-state index contributed by atoms with van der Waals surface area (Å²) in [5, 5.41) is 0. The van der Waals surface area contributed by atoms with E-state index in [-0.39, 0.29) is 5.97 Å². The van der Waals surface area contributed by atoms with E-state index < -0.39 is 5.54 Å². The van der Waals surface area contributed by atoms with Crippen LogP contribution in [0.4, 0.5) is 0 Å². The van der Waals surface area contributed by atoms with Crippen LogP contribution >= 0.6 is 0 Å². The zero-order chi connectivity index (χ0) is 10.6. The molecule has 0 bridgehead atoms. The predicted molar refractivity (Wildman–Crippen MR) is 55.9 cm³/mol. The van der Waals surface area contributed by atoms with Crippen molar-refractivity contribution in [1.29, 1.82) is 0 Å². The number of hydrogen-bond donors (Lipinski definition) is 0. The Balaban J connectivity index is 2.90. The fraction of sp³-hybridized carbons (Fsp3) is 0.545. The quantitative estimate of drug-likeness (QED) is 0.501. The van der Waals surface area contributed by atoms with Crippen molar-refractivity contribution < 1.29 is 9.53 Å². The molecule has 1 saturated heterocycles. The monoisotopic (exact) mass is 195 g/mol. The van der Waals surface area contributed by atoms with Gasteiger partial charge in [-0.3, -0.25) is 4.90 Å². The van der Waals surface area contributed by atoms with Crippen molar-refractivity contribution in [2.45, 2.75) is 18.4 Å². The first-order valence-corrected chi connectivity index (χ1v) is 4.79. The number of likely N-dealkylation sites (tertiary alicyclic amines) is 1. The molecule has 1 fully saturated rings. The number of nitrogens with zero attached hydrogens (tertiary/aromatic N) is 1. The van der Waals surface area contributed by atoms with E-state index in [1.54, 1.807) is 12.2 Å². The van der Waals surface area contributed by atoms with Gasteiger partial charge in [0.25, 0.3) is 0 Å². The highest BCUT2D eigenvalue weighted by atomic mass is 16.5. The molecule has 1 heterocycles. The second-order valence-corrected chi connectivity index (χ2v) is 3.46. The Bertz CT molecular complexity index is 250. The lowest BCUT2D eigenvalue weighted by Gasteiger charge is -2.32. The van der Waals surface area contributed by atoms with E-state index >= 15 is 0 Å². The van der Waals surface area contributed by atoms with Gasteiger partial charge in [0.05, 0.1) is 7.11 Å². The molecule has 0 radical (unpaired) electrons. The third kappa shape index (κ3) is 1.60. The second kappa shape index (κ2) is 4.42. The molecule has 0 spiro atoms. The first-order valence-electron chi connectivity index (χ1n) is 4.79. The Morgan fingerprint density at radius 1 is 1.64 bits per heavy atom. The summed E-state index contributed by atoms with van der Waals surface area (Å²) in [6.45, 7) is 9.01. The number of methoxy groups -OCH3 is 1. The molecule has 0 amide bonds. The lowest BCUT2D eigenvalue weighted by atomic mass is 9.96. The molecule has 14 heavy (non-hydrogen) atoms. The second-order valence-electron chi connectivity index (χ2n) is 3.46. The summed E-state index contributed by atoms with van der Waals surface area (Å²) < 4.78 is 4.82. The Kier molecular flexibility index (Phi) is 3.47. The molecule has 1 rings (SSSR count). The fourth-order valence-electron chi connectivity index (χ4n) is 2.03. The van der Waals surface area contributed by atoms with Gasteiger partial charge in [-0.05, 0) is 19.4 Å². The van der Waals surface area contributed by atoms with Gasteiger partial charge in [-0.15, -0.1) is 13.2 Å². The summed E-state index contributed by atoms with van der Waals surface area (Å²) in [6.07, 6.45) is 5.27. The topological polar surface area (TPSA) is 29.5 Å². The van der Waals surface area contributed by atoms with Crippen LogP contribution in [0.1, 0.15) is 12.8 Å². The lowest BCUT2D eigenvalue weighted by Crippen LogP contribution is -2.49. The minimum absolute atomic E-state index is 0.216. The molecule has 0 aromatic heterocycles. The smallest absolute Gasteiger partial charge is 0.330 e. The highest BCUT2D eigenvalue weighted by Gasteiger charge is 2.45. The van der Waals surface area contributed by atoms with Crippen LogP contribution < -0.4 is 0 Å². The van der Waals surface area contributed by atoms with E-state index in [2.05, 4.69) is 18.1 Å². The van der Waals surface area contributed by atoms with Crippen LogP contribution in [0.15, 0.2) is 25.3 Å². The number of hydrogen-bond acceptors (Lipinski definition) is 3. The van der Waals surface area contributed by atoms with Crippen LogP contribution in [0.25, 0.3) is 0 Å². The van der Waals surface area contributed by atoms with Crippen LogP contribution in [0, 0.1) is 0 Å². The van der Waals surface area contributed by atoms with Crippen molar-refractivity contribution in [1.82, 2.24) is 4.90 Å². The average molecular weight is 195 g/mol. The number of carbonyl (C=O) groups is 1. The van der Waals surface area contributed by atoms with Crippen LogP contribution in [-0.2, 0) is 9.53 Å². The molecule has 0 aromatic rings. The number of carbonyl (C=O) groups excluding carboxylic acids is 1. The molecule has 0 N–H and O–H groups in total. The van der Waals surface area contributed by atoms with Gasteiger partial charge in [-0.25, -0.2) is 4.79 Å². The van der Waals surface area contributed by atoms with Crippen LogP contribution in [0.2, 0.25) is 0 Å². The van der Waals surface area contributed by atoms with Crippen molar-refractivity contribution in [3.63, 3.8) is 0 Å². The normalized spacial score (nSPS) is 27.2. The minimum atomic E-state index is -0.622. The summed E-state index contributed by atoms with van der Waals surface area (Å²) in [7, 11) is 1.41. The van der Waals surface area contributed by atoms with Gasteiger partial charge in [0.15, 0.2) is 0 Å². The van der Waals surface area contributed by atoms with Crippen LogP contribution in [0.5, 0.6) is 0 Å². The Morgan fingerprint density at radius 2 is 2.36 bits per heavy atom. The van der Waals surface area contributed by atoms with Crippen molar-refractivity contribution in [3.05, 3.63) is 25.3 Å². The molecule has 0 unspecified atom stereocenters. The largest absolute Gasteiger partial charge is 0.467 e. The summed E-state index contributed by atoms with van der Waals surface area (Å²) in [5.74, 6) is -0.216. The summed E-state index contributed by atoms with van der Waals surface area (Å²) in [4.78, 5) is 13.7. The van der Waals surface area contributed by atoms with E-state index in [1.165, 1.54) is 7.11 Å². The molecule has 0 aromatic carbocycles. The molecule has 3 heteroatoms. The minimum Gasteiger partial charge on any atom is -0.467 e. The summed E-state index contributed by atoms with van der Waals surface area (Å²) in [5.41, 5.74) is -0.622. The van der Waals surface area contributed by atoms with Gasteiger partial charge in [0.2, 0.25) is 0 Å². The molecule has 1 atom stereocenters. The Labute approximate surface area is 85.0 Å². The highest BCUT2D eigenvalue weighted by molar-refractivity contribution is 5.83. The van der Waals surface area contributed by atoms with Crippen molar-refractivity contribution >= 4 is 5.97 Å². The molecule has 1 aliphatic heterocycles. The zero-order valence-electron chi connectivity index (χ0n) is 8.66. The molecule has 78 valence electrons. The van der Waals surface area contributed by atoms with Gasteiger partial charge in [-0.2, -0.15) is 0 Å². The Morgan fingerprint density at radius 3 is 2.86 bits per heavy atom. The molecule has 3 nitrogen and oxygen atoms in total. The zero-order valence-corrected chi connectivity index (χ0v) is 8.66. The number of ether oxygens (including phenoxy) is 1. The van der Waals surface area contributed by atoms with Gasteiger partial charge in [0, 0.05) is 6.54 Å². The van der Waals surface area contributed by atoms with Gasteiger partial charge in [-0.1, -0.05) is 12.2 Å². The van der Waals surface area contributed by atoms with E-state index in [1.807, 2.05) is 0 Å². The van der Waals surface area contributed by atoms with E-state index in [0.29, 0.717) is 6.54 Å². The molecular weight excluding hydrogens is 178 g/mol. The maximum Gasteiger partial charge on any atom is 0.330 e. The standard InChI is InChI=1S/C11H17NO2/c1-4-8-12-9-6-7-11(12,5-2)10(13)14-3/h4-5H,1-2,6-9H2,3H3/t11-/m0/s1. The molecule has 1 aliphatic rings. The maximum atomic E-state index is 11.7. The molecule has 0 aliphatic carbocycles. The predicted octanol–water partition coefficient (Wildman–Crippen LogP) is 1.37. The van der Waals surface area contributed by atoms with Crippen molar-refractivity contribution in [2.75, 3.05) is 20.2 Å². The van der Waals surface area contributed by atoms with Crippen molar-refractivity contribution in [3.8, 4) is 0 Å². The van der Waals surface area contributed by atoms with Gasteiger partial charge < -0.3 is 4.74 Å². The van der Waals surface area contributed by atoms with Crippen LogP contribution in [0.3, 0.4) is 0 Å². The van der Waals surface area contributed by atoms with E-state index in [9.17, 15) is 4.79 Å². The lowest BCUT2D eigenvalue weighted by molar-refractivity contribution is -0.150. The first-order chi connectivity index (χ1) is 6.71. The average Bonchev–Trinajstić information content (AvgIpc) is 2.62. The summed E-state index contributed by atoms with van der Waals surface area (Å²) >= 11 is 0. The number of esters is 1. The van der Waals surface area contributed by atoms with Gasteiger partial charge in [0.1, 0.15) is 5.54 Å². The van der Waals surface area contributed by atoms with E-state index in [4.69, 9.17) is 4.74 Å². The highest BCUT2D eigenvalue weighted by Crippen LogP contribution is 2.31. The molecular formula is C11H17NO2. The molecule has 0 saturated carbocycles. The first kappa shape index (κ1) is 11.0. The summed E-state index contributed by atoms with van der Waals surface area (Å²) in [6, 6.07) is 0. The van der Waals surface area contributed by atoms with Crippen LogP contribution in [-0.4, -0.2) is 36.6 Å². The number of rotatable bonds is 4. The van der Waals surface area contributed by atoms with E-state index in [0.717, 1.165) is 19.4 Å². The maximum absolute atomic E-state index is 11.7. The van der Waals surface area contributed by atoms with Gasteiger partial charge >= 0.3 is 5.97 Å². The Hall–Kier alpha value is -1.09. The van der Waals surface area contributed by atoms with Crippen molar-refractivity contribution in [2.24, 2.45) is 0 Å². The SMILES string of the molecule is C=CCN1CCC[C@@]1(C=C)C(=O)OC. The third-order valence-electron chi connectivity index (χ3n) is 2.78. The third-order valence-corrected chi connectivity index (χ3v) is 2.78.